The topological polar surface area (TPSA) is 111 Å². The van der Waals surface area contributed by atoms with E-state index in [0.29, 0.717) is 31.9 Å². The molecule has 0 spiro atoms. The Hall–Kier alpha value is -2.82. The molecule has 2 rings (SSSR count). The fourth-order valence-corrected chi connectivity index (χ4v) is 2.15. The van der Waals surface area contributed by atoms with E-state index in [1.165, 1.54) is 23.1 Å². The molecule has 0 unspecified atom stereocenters. The Bertz CT molecular complexity index is 588. The first kappa shape index (κ1) is 13.6. The average molecular weight is 276 g/mol. The molecule has 0 bridgehead atoms. The molecule has 1 aromatic rings. The van der Waals surface area contributed by atoms with Crippen molar-refractivity contribution in [2.45, 2.75) is 0 Å². The largest absolute Gasteiger partial charge is 0.465 e. The van der Waals surface area contributed by atoms with Crippen LogP contribution in [-0.4, -0.2) is 47.2 Å². The van der Waals surface area contributed by atoms with Crippen molar-refractivity contribution in [2.75, 3.05) is 31.1 Å². The minimum absolute atomic E-state index is 0.132. The normalized spacial score (nSPS) is 14.8. The first-order valence-electron chi connectivity index (χ1n) is 5.94. The van der Waals surface area contributed by atoms with Crippen LogP contribution in [0.5, 0.6) is 0 Å². The van der Waals surface area contributed by atoms with Gasteiger partial charge in [0.1, 0.15) is 5.69 Å². The molecular formula is C12H12N4O4. The van der Waals surface area contributed by atoms with Crippen LogP contribution in [0, 0.1) is 21.4 Å². The van der Waals surface area contributed by atoms with Crippen LogP contribution in [0.2, 0.25) is 0 Å². The lowest BCUT2D eigenvalue weighted by molar-refractivity contribution is -0.384. The zero-order valence-electron chi connectivity index (χ0n) is 10.5. The van der Waals surface area contributed by atoms with Gasteiger partial charge in [0.05, 0.1) is 16.6 Å². The summed E-state index contributed by atoms with van der Waals surface area (Å²) in [6.07, 6.45) is -0.987. The zero-order chi connectivity index (χ0) is 14.7. The third kappa shape index (κ3) is 2.61. The maximum Gasteiger partial charge on any atom is 0.407 e. The van der Waals surface area contributed by atoms with E-state index >= 15 is 0 Å². The molecule has 0 radical (unpaired) electrons. The van der Waals surface area contributed by atoms with Crippen LogP contribution in [0.15, 0.2) is 18.2 Å². The summed E-state index contributed by atoms with van der Waals surface area (Å²) in [4.78, 5) is 24.4. The number of nitriles is 1. The van der Waals surface area contributed by atoms with Gasteiger partial charge in [0.2, 0.25) is 0 Å². The maximum atomic E-state index is 11.1. The molecule has 20 heavy (non-hydrogen) atoms. The monoisotopic (exact) mass is 276 g/mol. The van der Waals surface area contributed by atoms with Crippen molar-refractivity contribution in [3.8, 4) is 6.07 Å². The SMILES string of the molecule is N#Cc1ccc(N2CCN(C(=O)O)CC2)c([N+](=O)[O-])c1. The summed E-state index contributed by atoms with van der Waals surface area (Å²) in [6, 6.07) is 6.16. The minimum atomic E-state index is -0.987. The Morgan fingerprint density at radius 3 is 2.50 bits per heavy atom. The second kappa shape index (κ2) is 5.44. The molecule has 8 heteroatoms. The molecule has 1 fully saturated rings. The molecule has 1 aliphatic heterocycles. The molecule has 1 amide bonds. The highest BCUT2D eigenvalue weighted by atomic mass is 16.6. The number of nitrogens with zero attached hydrogens (tertiary/aromatic N) is 4. The number of hydrogen-bond acceptors (Lipinski definition) is 5. The van der Waals surface area contributed by atoms with Crippen LogP contribution in [0.25, 0.3) is 0 Å². The Kier molecular flexibility index (Phi) is 3.70. The van der Waals surface area contributed by atoms with Gasteiger partial charge >= 0.3 is 6.09 Å². The molecular weight excluding hydrogens is 264 g/mol. The van der Waals surface area contributed by atoms with Crippen LogP contribution in [-0.2, 0) is 0 Å². The standard InChI is InChI=1S/C12H12N4O4/c13-8-9-1-2-10(11(7-9)16(19)20)14-3-5-15(6-4-14)12(17)18/h1-2,7H,3-6H2,(H,17,18). The van der Waals surface area contributed by atoms with Crippen LogP contribution in [0.4, 0.5) is 16.2 Å². The van der Waals surface area contributed by atoms with Crippen molar-refractivity contribution >= 4 is 17.5 Å². The summed E-state index contributed by atoms with van der Waals surface area (Å²) in [6.45, 7) is 1.37. The Morgan fingerprint density at radius 1 is 1.35 bits per heavy atom. The highest BCUT2D eigenvalue weighted by Crippen LogP contribution is 2.29. The predicted molar refractivity (Wildman–Crippen MR) is 69.6 cm³/mol. The smallest absolute Gasteiger partial charge is 0.407 e. The number of anilines is 1. The highest BCUT2D eigenvalue weighted by Gasteiger charge is 2.25. The molecule has 0 atom stereocenters. The van der Waals surface area contributed by atoms with Gasteiger partial charge < -0.3 is 14.9 Å². The van der Waals surface area contributed by atoms with Crippen molar-refractivity contribution in [1.82, 2.24) is 4.90 Å². The number of nitro groups is 1. The van der Waals surface area contributed by atoms with Gasteiger partial charge in [-0.15, -0.1) is 0 Å². The molecule has 1 N–H and O–H groups in total. The third-order valence-electron chi connectivity index (χ3n) is 3.19. The Balaban J connectivity index is 2.24. The van der Waals surface area contributed by atoms with Crippen molar-refractivity contribution < 1.29 is 14.8 Å². The Labute approximate surface area is 114 Å². The first-order valence-corrected chi connectivity index (χ1v) is 5.94. The van der Waals surface area contributed by atoms with Gasteiger partial charge in [-0.1, -0.05) is 0 Å². The summed E-state index contributed by atoms with van der Waals surface area (Å²) in [5, 5.41) is 28.7. The quantitative estimate of drug-likeness (QED) is 0.643. The van der Waals surface area contributed by atoms with Crippen molar-refractivity contribution in [2.24, 2.45) is 0 Å². The van der Waals surface area contributed by atoms with Crippen LogP contribution in [0.3, 0.4) is 0 Å². The Morgan fingerprint density at radius 2 is 2.00 bits per heavy atom. The van der Waals surface area contributed by atoms with Crippen LogP contribution >= 0.6 is 0 Å². The zero-order valence-corrected chi connectivity index (χ0v) is 10.5. The summed E-state index contributed by atoms with van der Waals surface area (Å²) in [5.74, 6) is 0. The number of amides is 1. The molecule has 1 saturated heterocycles. The van der Waals surface area contributed by atoms with Crippen molar-refractivity contribution in [1.29, 1.82) is 5.26 Å². The molecule has 0 saturated carbocycles. The number of hydrogen-bond donors (Lipinski definition) is 1. The molecule has 1 heterocycles. The molecule has 1 aliphatic rings. The highest BCUT2D eigenvalue weighted by molar-refractivity contribution is 5.68. The minimum Gasteiger partial charge on any atom is -0.465 e. The van der Waals surface area contributed by atoms with Crippen LogP contribution in [0.1, 0.15) is 5.56 Å². The molecule has 1 aromatic carbocycles. The van der Waals surface area contributed by atoms with E-state index < -0.39 is 11.0 Å². The van der Waals surface area contributed by atoms with E-state index in [1.54, 1.807) is 4.90 Å². The van der Waals surface area contributed by atoms with Gasteiger partial charge in [0, 0.05) is 32.2 Å². The van der Waals surface area contributed by atoms with Gasteiger partial charge in [0.15, 0.2) is 0 Å². The van der Waals surface area contributed by atoms with E-state index in [2.05, 4.69) is 0 Å². The fraction of sp³-hybridized carbons (Fsp3) is 0.333. The van der Waals surface area contributed by atoms with Gasteiger partial charge in [-0.25, -0.2) is 4.79 Å². The number of nitro benzene ring substituents is 1. The van der Waals surface area contributed by atoms with Gasteiger partial charge in [-0.05, 0) is 12.1 Å². The lowest BCUT2D eigenvalue weighted by atomic mass is 10.1. The van der Waals surface area contributed by atoms with Crippen molar-refractivity contribution in [3.63, 3.8) is 0 Å². The van der Waals surface area contributed by atoms with E-state index in [-0.39, 0.29) is 11.3 Å². The molecule has 8 nitrogen and oxygen atoms in total. The van der Waals surface area contributed by atoms with E-state index in [9.17, 15) is 14.9 Å². The van der Waals surface area contributed by atoms with E-state index in [0.717, 1.165) is 0 Å². The number of rotatable bonds is 2. The number of piperazine rings is 1. The summed E-state index contributed by atoms with van der Waals surface area (Å²) in [5.41, 5.74) is 0.511. The second-order valence-electron chi connectivity index (χ2n) is 4.33. The fourth-order valence-electron chi connectivity index (χ4n) is 2.15. The lowest BCUT2D eigenvalue weighted by Crippen LogP contribution is -2.48. The molecule has 0 aliphatic carbocycles. The number of carbonyl (C=O) groups is 1. The average Bonchev–Trinajstić information content (AvgIpc) is 2.46. The maximum absolute atomic E-state index is 11.1. The van der Waals surface area contributed by atoms with E-state index in [1.807, 2.05) is 6.07 Å². The molecule has 104 valence electrons. The first-order chi connectivity index (χ1) is 9.52. The predicted octanol–water partition coefficient (Wildman–Crippen LogP) is 1.27. The van der Waals surface area contributed by atoms with Crippen molar-refractivity contribution in [3.05, 3.63) is 33.9 Å². The number of benzene rings is 1. The summed E-state index contributed by atoms with van der Waals surface area (Å²) >= 11 is 0. The summed E-state index contributed by atoms with van der Waals surface area (Å²) < 4.78 is 0. The van der Waals surface area contributed by atoms with Gasteiger partial charge in [-0.3, -0.25) is 10.1 Å². The number of carboxylic acid groups (broad SMARTS) is 1. The molecule has 0 aromatic heterocycles. The lowest BCUT2D eigenvalue weighted by Gasteiger charge is -2.34. The van der Waals surface area contributed by atoms with Gasteiger partial charge in [-0.2, -0.15) is 5.26 Å². The summed E-state index contributed by atoms with van der Waals surface area (Å²) in [7, 11) is 0. The third-order valence-corrected chi connectivity index (χ3v) is 3.19. The van der Waals surface area contributed by atoms with Gasteiger partial charge in [0.25, 0.3) is 5.69 Å². The second-order valence-corrected chi connectivity index (χ2v) is 4.33. The van der Waals surface area contributed by atoms with Crippen LogP contribution < -0.4 is 4.90 Å². The van der Waals surface area contributed by atoms with E-state index in [4.69, 9.17) is 10.4 Å².